The van der Waals surface area contributed by atoms with Crippen molar-refractivity contribution >= 4 is 11.9 Å². The predicted octanol–water partition coefficient (Wildman–Crippen LogP) is 4.17. The van der Waals surface area contributed by atoms with Gasteiger partial charge < -0.3 is 10.0 Å². The molecule has 0 spiro atoms. The number of carbonyl (C=O) groups excluding carboxylic acids is 1. The fraction of sp³-hybridized carbons (Fsp3) is 0.300. The van der Waals surface area contributed by atoms with E-state index in [9.17, 15) is 22.8 Å². The number of amides is 1. The van der Waals surface area contributed by atoms with Crippen molar-refractivity contribution in [1.82, 2.24) is 4.90 Å². The molecule has 0 aromatic heterocycles. The number of aromatic carboxylic acids is 1. The highest BCUT2D eigenvalue weighted by atomic mass is 19.4. The molecule has 1 aliphatic rings. The van der Waals surface area contributed by atoms with E-state index in [0.29, 0.717) is 18.5 Å². The highest BCUT2D eigenvalue weighted by Crippen LogP contribution is 2.49. The number of halogens is 3. The Bertz CT molecular complexity index is 862. The molecule has 1 amide bonds. The Morgan fingerprint density at radius 2 is 1.81 bits per heavy atom. The summed E-state index contributed by atoms with van der Waals surface area (Å²) in [6.45, 7) is 0.310. The molecule has 0 heterocycles. The minimum absolute atomic E-state index is 0.125. The van der Waals surface area contributed by atoms with Gasteiger partial charge in [0.25, 0.3) is 0 Å². The standard InChI is InChI=1S/C20H18F3NO3/c1-24(11-12-5-7-13(8-6-12)19(26)27)18(25)17-10-16(17)14-3-2-4-15(9-14)20(21,22)23/h2-9,16-17H,10-11H2,1H3,(H,26,27). The normalized spacial score (nSPS) is 18.8. The number of carbonyl (C=O) groups is 2. The Labute approximate surface area is 154 Å². The van der Waals surface area contributed by atoms with Gasteiger partial charge >= 0.3 is 12.1 Å². The summed E-state index contributed by atoms with van der Waals surface area (Å²) in [7, 11) is 1.63. The Hall–Kier alpha value is -2.83. The summed E-state index contributed by atoms with van der Waals surface area (Å²) in [5.41, 5.74) is 0.777. The lowest BCUT2D eigenvalue weighted by Gasteiger charge is -2.17. The number of benzene rings is 2. The zero-order chi connectivity index (χ0) is 19.8. The zero-order valence-corrected chi connectivity index (χ0v) is 14.5. The summed E-state index contributed by atoms with van der Waals surface area (Å²) in [6, 6.07) is 11.4. The molecule has 1 fully saturated rings. The summed E-state index contributed by atoms with van der Waals surface area (Å²) in [6.07, 6.45) is -3.87. The second-order valence-electron chi connectivity index (χ2n) is 6.77. The molecule has 3 rings (SSSR count). The number of alkyl halides is 3. The molecular formula is C20H18F3NO3. The highest BCUT2D eigenvalue weighted by Gasteiger charge is 2.45. The number of hydrogen-bond donors (Lipinski definition) is 1. The van der Waals surface area contributed by atoms with Crippen LogP contribution >= 0.6 is 0 Å². The molecule has 2 atom stereocenters. The van der Waals surface area contributed by atoms with Crippen LogP contribution in [-0.4, -0.2) is 28.9 Å². The van der Waals surface area contributed by atoms with Crippen molar-refractivity contribution in [2.24, 2.45) is 5.92 Å². The molecule has 1 N–H and O–H groups in total. The van der Waals surface area contributed by atoms with Gasteiger partial charge in [-0.2, -0.15) is 13.2 Å². The summed E-state index contributed by atoms with van der Waals surface area (Å²) >= 11 is 0. The molecule has 1 aliphatic carbocycles. The molecule has 0 radical (unpaired) electrons. The van der Waals surface area contributed by atoms with Gasteiger partial charge in [-0.1, -0.05) is 30.3 Å². The van der Waals surface area contributed by atoms with Gasteiger partial charge in [-0.25, -0.2) is 4.79 Å². The molecular weight excluding hydrogens is 359 g/mol. The Morgan fingerprint density at radius 1 is 1.15 bits per heavy atom. The van der Waals surface area contributed by atoms with Gasteiger partial charge in [0.05, 0.1) is 11.1 Å². The van der Waals surface area contributed by atoms with Crippen molar-refractivity contribution in [3.05, 3.63) is 70.8 Å². The molecule has 142 valence electrons. The summed E-state index contributed by atoms with van der Waals surface area (Å²) in [5.74, 6) is -1.67. The van der Waals surface area contributed by atoms with Crippen LogP contribution in [0.15, 0.2) is 48.5 Å². The van der Waals surface area contributed by atoms with Crippen molar-refractivity contribution < 1.29 is 27.9 Å². The van der Waals surface area contributed by atoms with Crippen molar-refractivity contribution in [2.45, 2.75) is 25.1 Å². The van der Waals surface area contributed by atoms with Crippen molar-refractivity contribution in [3.8, 4) is 0 Å². The van der Waals surface area contributed by atoms with Crippen LogP contribution in [0.5, 0.6) is 0 Å². The largest absolute Gasteiger partial charge is 0.478 e. The predicted molar refractivity (Wildman–Crippen MR) is 92.2 cm³/mol. The fourth-order valence-electron chi connectivity index (χ4n) is 3.17. The lowest BCUT2D eigenvalue weighted by molar-refractivity contribution is -0.137. The van der Waals surface area contributed by atoms with E-state index >= 15 is 0 Å². The van der Waals surface area contributed by atoms with E-state index in [4.69, 9.17) is 5.11 Å². The third-order valence-electron chi connectivity index (χ3n) is 4.75. The van der Waals surface area contributed by atoms with Gasteiger partial charge in [0, 0.05) is 19.5 Å². The minimum atomic E-state index is -4.40. The molecule has 27 heavy (non-hydrogen) atoms. The third kappa shape index (κ3) is 4.30. The smallest absolute Gasteiger partial charge is 0.416 e. The van der Waals surface area contributed by atoms with Crippen molar-refractivity contribution in [1.29, 1.82) is 0 Å². The van der Waals surface area contributed by atoms with Crippen LogP contribution < -0.4 is 0 Å². The van der Waals surface area contributed by atoms with E-state index in [-0.39, 0.29) is 23.3 Å². The summed E-state index contributed by atoms with van der Waals surface area (Å²) < 4.78 is 38.5. The average Bonchev–Trinajstić information content (AvgIpc) is 3.41. The first-order chi connectivity index (χ1) is 12.7. The van der Waals surface area contributed by atoms with Gasteiger partial charge in [0.15, 0.2) is 0 Å². The van der Waals surface area contributed by atoms with Gasteiger partial charge in [-0.3, -0.25) is 4.79 Å². The summed E-state index contributed by atoms with van der Waals surface area (Å²) in [4.78, 5) is 24.9. The number of carboxylic acids is 1. The molecule has 7 heteroatoms. The lowest BCUT2D eigenvalue weighted by atomic mass is 10.0. The molecule has 0 saturated heterocycles. The fourth-order valence-corrected chi connectivity index (χ4v) is 3.17. The Balaban J connectivity index is 1.63. The van der Waals surface area contributed by atoms with Gasteiger partial charge in [0.2, 0.25) is 5.91 Å². The molecule has 2 aromatic rings. The molecule has 2 aromatic carbocycles. The topological polar surface area (TPSA) is 57.6 Å². The highest BCUT2D eigenvalue weighted by molar-refractivity contribution is 5.87. The zero-order valence-electron chi connectivity index (χ0n) is 14.5. The quantitative estimate of drug-likeness (QED) is 0.851. The van der Waals surface area contributed by atoms with Crippen LogP contribution in [0.3, 0.4) is 0 Å². The maximum absolute atomic E-state index is 12.8. The van der Waals surface area contributed by atoms with Crippen molar-refractivity contribution in [2.75, 3.05) is 7.05 Å². The number of rotatable bonds is 5. The van der Waals surface area contributed by atoms with Gasteiger partial charge in [-0.05, 0) is 41.7 Å². The van der Waals surface area contributed by atoms with Crippen LogP contribution in [0.1, 0.15) is 39.4 Å². The maximum Gasteiger partial charge on any atom is 0.416 e. The van der Waals surface area contributed by atoms with Gasteiger partial charge in [-0.15, -0.1) is 0 Å². The molecule has 1 saturated carbocycles. The first kappa shape index (κ1) is 18.9. The summed E-state index contributed by atoms with van der Waals surface area (Å²) in [5, 5.41) is 8.90. The molecule has 2 unspecified atom stereocenters. The van der Waals surface area contributed by atoms with Crippen LogP contribution in [0.2, 0.25) is 0 Å². The number of nitrogens with zero attached hydrogens (tertiary/aromatic N) is 1. The Morgan fingerprint density at radius 3 is 2.41 bits per heavy atom. The number of hydrogen-bond acceptors (Lipinski definition) is 2. The van der Waals surface area contributed by atoms with Crippen LogP contribution in [-0.2, 0) is 17.5 Å². The van der Waals surface area contributed by atoms with Crippen LogP contribution in [0.4, 0.5) is 13.2 Å². The molecule has 4 nitrogen and oxygen atoms in total. The van der Waals surface area contributed by atoms with E-state index < -0.39 is 17.7 Å². The first-order valence-corrected chi connectivity index (χ1v) is 8.41. The van der Waals surface area contributed by atoms with E-state index in [0.717, 1.165) is 17.7 Å². The third-order valence-corrected chi connectivity index (χ3v) is 4.75. The average molecular weight is 377 g/mol. The molecule has 0 aliphatic heterocycles. The maximum atomic E-state index is 12.8. The van der Waals surface area contributed by atoms with E-state index in [1.54, 1.807) is 25.2 Å². The SMILES string of the molecule is CN(Cc1ccc(C(=O)O)cc1)C(=O)C1CC1c1cccc(C(F)(F)F)c1. The van der Waals surface area contributed by atoms with Crippen LogP contribution in [0, 0.1) is 5.92 Å². The van der Waals surface area contributed by atoms with Crippen molar-refractivity contribution in [3.63, 3.8) is 0 Å². The second-order valence-corrected chi connectivity index (χ2v) is 6.77. The van der Waals surface area contributed by atoms with Crippen LogP contribution in [0.25, 0.3) is 0 Å². The molecule has 0 bridgehead atoms. The number of carboxylic acid groups (broad SMARTS) is 1. The minimum Gasteiger partial charge on any atom is -0.478 e. The van der Waals surface area contributed by atoms with Gasteiger partial charge in [0.1, 0.15) is 0 Å². The lowest BCUT2D eigenvalue weighted by Crippen LogP contribution is -2.28. The second kappa shape index (κ2) is 7.06. The monoisotopic (exact) mass is 377 g/mol. The van der Waals surface area contributed by atoms with E-state index in [1.165, 1.54) is 23.1 Å². The van der Waals surface area contributed by atoms with E-state index in [1.807, 2.05) is 0 Å². The first-order valence-electron chi connectivity index (χ1n) is 8.41. The Kier molecular flexibility index (Phi) is 4.95. The van der Waals surface area contributed by atoms with E-state index in [2.05, 4.69) is 0 Å².